The fourth-order valence-corrected chi connectivity index (χ4v) is 1.91. The molecule has 108 valence electrons. The van der Waals surface area contributed by atoms with Gasteiger partial charge in [-0.3, -0.25) is 15.1 Å². The first-order valence-electron chi connectivity index (χ1n) is 5.79. The maximum absolute atomic E-state index is 12.9. The Hall–Kier alpha value is -2.12. The number of halogens is 3. The molecule has 0 atom stereocenters. The maximum Gasteiger partial charge on any atom is 0.423 e. The van der Waals surface area contributed by atoms with Gasteiger partial charge in [0.2, 0.25) is 0 Å². The number of hydrogen-bond donors (Lipinski definition) is 1. The Morgan fingerprint density at radius 2 is 2.05 bits per heavy atom. The van der Waals surface area contributed by atoms with Crippen molar-refractivity contribution in [3.05, 3.63) is 39.4 Å². The summed E-state index contributed by atoms with van der Waals surface area (Å²) in [4.78, 5) is 13.7. The lowest BCUT2D eigenvalue weighted by atomic mass is 10.1. The van der Waals surface area contributed by atoms with Crippen molar-refractivity contribution in [1.82, 2.24) is 5.32 Å². The maximum atomic E-state index is 12.9. The van der Waals surface area contributed by atoms with Gasteiger partial charge in [0.25, 0.3) is 5.69 Å². The zero-order valence-electron chi connectivity index (χ0n) is 10.8. The Kier molecular flexibility index (Phi) is 3.19. The number of nitro groups is 1. The van der Waals surface area contributed by atoms with E-state index < -0.39 is 22.4 Å². The molecule has 1 aromatic rings. The van der Waals surface area contributed by atoms with Gasteiger partial charge in [0, 0.05) is 11.6 Å². The molecule has 5 nitrogen and oxygen atoms in total. The summed E-state index contributed by atoms with van der Waals surface area (Å²) in [5, 5.41) is 13.7. The molecular formula is C12H12F3N3O2. The number of nitro benzene ring substituents is 1. The summed E-state index contributed by atoms with van der Waals surface area (Å²) in [5.41, 5.74) is -2.38. The summed E-state index contributed by atoms with van der Waals surface area (Å²) >= 11 is 0. The Balaban J connectivity index is 2.46. The minimum Gasteiger partial charge on any atom is -0.363 e. The summed E-state index contributed by atoms with van der Waals surface area (Å²) in [6, 6.07) is 2.87. The van der Waals surface area contributed by atoms with E-state index in [1.807, 2.05) is 13.8 Å². The third kappa shape index (κ3) is 2.73. The molecule has 0 aliphatic carbocycles. The molecule has 1 heterocycles. The third-order valence-electron chi connectivity index (χ3n) is 2.86. The van der Waals surface area contributed by atoms with Gasteiger partial charge in [-0.05, 0) is 26.0 Å². The molecule has 0 amide bonds. The molecule has 8 heteroatoms. The highest BCUT2D eigenvalue weighted by atomic mass is 19.4. The highest BCUT2D eigenvalue weighted by Gasteiger charge is 2.39. The van der Waals surface area contributed by atoms with E-state index in [4.69, 9.17) is 0 Å². The van der Waals surface area contributed by atoms with Crippen LogP contribution in [0.25, 0.3) is 0 Å². The van der Waals surface area contributed by atoms with Crippen molar-refractivity contribution in [3.63, 3.8) is 0 Å². The molecule has 1 aromatic carbocycles. The molecule has 0 saturated carbocycles. The molecule has 0 spiro atoms. The Morgan fingerprint density at radius 3 is 2.50 bits per heavy atom. The number of benzene rings is 1. The van der Waals surface area contributed by atoms with Crippen molar-refractivity contribution in [1.29, 1.82) is 0 Å². The first-order chi connectivity index (χ1) is 9.10. The number of aliphatic imine (C=N–C) groups is 1. The van der Waals surface area contributed by atoms with Gasteiger partial charge in [-0.15, -0.1) is 0 Å². The minimum atomic E-state index is -4.78. The molecule has 0 unspecified atom stereocenters. The average molecular weight is 287 g/mol. The van der Waals surface area contributed by atoms with Gasteiger partial charge in [-0.2, -0.15) is 13.2 Å². The lowest BCUT2D eigenvalue weighted by Crippen LogP contribution is -2.39. The van der Waals surface area contributed by atoms with Crippen LogP contribution in [0.2, 0.25) is 0 Å². The lowest BCUT2D eigenvalue weighted by molar-refractivity contribution is -0.388. The van der Waals surface area contributed by atoms with E-state index in [1.165, 1.54) is 6.07 Å². The highest BCUT2D eigenvalue weighted by Crippen LogP contribution is 2.36. The van der Waals surface area contributed by atoms with Crippen LogP contribution in [0, 0.1) is 10.1 Å². The van der Waals surface area contributed by atoms with E-state index >= 15 is 0 Å². The summed E-state index contributed by atoms with van der Waals surface area (Å²) in [6.45, 7) is 4.15. The molecule has 1 aliphatic heterocycles. The molecular weight excluding hydrogens is 275 g/mol. The Labute approximate surface area is 112 Å². The van der Waals surface area contributed by atoms with Crippen LogP contribution >= 0.6 is 0 Å². The van der Waals surface area contributed by atoms with Crippen molar-refractivity contribution in [2.24, 2.45) is 4.99 Å². The van der Waals surface area contributed by atoms with Gasteiger partial charge >= 0.3 is 6.18 Å². The van der Waals surface area contributed by atoms with Crippen LogP contribution in [0.1, 0.15) is 25.0 Å². The fourth-order valence-electron chi connectivity index (χ4n) is 1.91. The Morgan fingerprint density at radius 1 is 1.40 bits per heavy atom. The van der Waals surface area contributed by atoms with Gasteiger partial charge < -0.3 is 5.32 Å². The molecule has 0 bridgehead atoms. The van der Waals surface area contributed by atoms with E-state index in [9.17, 15) is 23.3 Å². The molecule has 1 N–H and O–H groups in total. The topological polar surface area (TPSA) is 67.5 Å². The zero-order valence-corrected chi connectivity index (χ0v) is 10.8. The van der Waals surface area contributed by atoms with Gasteiger partial charge in [-0.25, -0.2) is 0 Å². The van der Waals surface area contributed by atoms with Crippen molar-refractivity contribution in [2.75, 3.05) is 6.54 Å². The second-order valence-corrected chi connectivity index (χ2v) is 5.16. The number of alkyl halides is 3. The van der Waals surface area contributed by atoms with E-state index in [2.05, 4.69) is 10.3 Å². The quantitative estimate of drug-likeness (QED) is 0.671. The van der Waals surface area contributed by atoms with E-state index in [0.717, 1.165) is 12.1 Å². The van der Waals surface area contributed by atoms with Crippen LogP contribution in [0.15, 0.2) is 23.2 Å². The average Bonchev–Trinajstić information content (AvgIpc) is 2.67. The van der Waals surface area contributed by atoms with Crippen LogP contribution in [-0.4, -0.2) is 22.8 Å². The van der Waals surface area contributed by atoms with Gasteiger partial charge in [-0.1, -0.05) is 0 Å². The van der Waals surface area contributed by atoms with E-state index in [1.54, 1.807) is 0 Å². The van der Waals surface area contributed by atoms with Gasteiger partial charge in [0.1, 0.15) is 11.4 Å². The SMILES string of the molecule is CC1(C)CN=C(c2ccc([N+](=O)[O-])c(C(F)(F)F)c2)N1. The van der Waals surface area contributed by atoms with Crippen LogP contribution < -0.4 is 5.32 Å². The molecule has 2 rings (SSSR count). The van der Waals surface area contributed by atoms with Crippen molar-refractivity contribution >= 4 is 11.5 Å². The predicted octanol–water partition coefficient (Wildman–Crippen LogP) is 2.74. The third-order valence-corrected chi connectivity index (χ3v) is 2.86. The van der Waals surface area contributed by atoms with Gasteiger partial charge in [0.05, 0.1) is 17.0 Å². The first kappa shape index (κ1) is 14.3. The predicted molar refractivity (Wildman–Crippen MR) is 66.7 cm³/mol. The molecule has 0 fully saturated rings. The molecule has 0 aromatic heterocycles. The summed E-state index contributed by atoms with van der Waals surface area (Å²) in [6.07, 6.45) is -4.78. The molecule has 0 saturated heterocycles. The molecule has 0 radical (unpaired) electrons. The minimum absolute atomic E-state index is 0.188. The van der Waals surface area contributed by atoms with Crippen LogP contribution in [0.3, 0.4) is 0 Å². The van der Waals surface area contributed by atoms with Crippen LogP contribution in [0.4, 0.5) is 18.9 Å². The van der Waals surface area contributed by atoms with E-state index in [-0.39, 0.29) is 11.1 Å². The number of amidine groups is 1. The van der Waals surface area contributed by atoms with Crippen molar-refractivity contribution in [3.8, 4) is 0 Å². The summed E-state index contributed by atoms with van der Waals surface area (Å²) in [5.74, 6) is 0.315. The van der Waals surface area contributed by atoms with Crippen LogP contribution in [-0.2, 0) is 6.18 Å². The van der Waals surface area contributed by atoms with Crippen LogP contribution in [0.5, 0.6) is 0 Å². The van der Waals surface area contributed by atoms with Crippen molar-refractivity contribution in [2.45, 2.75) is 25.6 Å². The largest absolute Gasteiger partial charge is 0.423 e. The highest BCUT2D eigenvalue weighted by molar-refractivity contribution is 6.00. The number of rotatable bonds is 2. The smallest absolute Gasteiger partial charge is 0.363 e. The lowest BCUT2D eigenvalue weighted by Gasteiger charge is -2.18. The molecule has 1 aliphatic rings. The number of hydrogen-bond acceptors (Lipinski definition) is 4. The number of nitrogens with zero attached hydrogens (tertiary/aromatic N) is 2. The second kappa shape index (κ2) is 4.46. The Bertz CT molecular complexity index is 594. The fraction of sp³-hybridized carbons (Fsp3) is 0.417. The van der Waals surface area contributed by atoms with Gasteiger partial charge in [0.15, 0.2) is 0 Å². The molecule has 20 heavy (non-hydrogen) atoms. The van der Waals surface area contributed by atoms with Crippen molar-refractivity contribution < 1.29 is 18.1 Å². The second-order valence-electron chi connectivity index (χ2n) is 5.16. The van der Waals surface area contributed by atoms with E-state index in [0.29, 0.717) is 12.4 Å². The summed E-state index contributed by atoms with van der Waals surface area (Å²) in [7, 11) is 0. The summed E-state index contributed by atoms with van der Waals surface area (Å²) < 4.78 is 38.6. The standard InChI is InChI=1S/C12H12F3N3O2/c1-11(2)6-16-10(17-11)7-3-4-9(18(19)20)8(5-7)12(13,14)15/h3-5H,6H2,1-2H3,(H,16,17). The number of nitrogens with one attached hydrogen (secondary N) is 1. The monoisotopic (exact) mass is 287 g/mol. The first-order valence-corrected chi connectivity index (χ1v) is 5.79. The normalized spacial score (nSPS) is 17.6. The zero-order chi connectivity index (χ0) is 15.1.